The van der Waals surface area contributed by atoms with Crippen LogP contribution in [0.1, 0.15) is 41.5 Å². The molecule has 2 aromatic rings. The number of anilines is 1. The Kier molecular flexibility index (Phi) is 6.20. The topological polar surface area (TPSA) is 108 Å². The summed E-state index contributed by atoms with van der Waals surface area (Å²) in [7, 11) is 0. The molecule has 0 radical (unpaired) electrons. The Bertz CT molecular complexity index is 1020. The number of rotatable bonds is 6. The third-order valence-corrected chi connectivity index (χ3v) is 4.33. The van der Waals surface area contributed by atoms with Crippen LogP contribution in [0.4, 0.5) is 5.69 Å². The van der Waals surface area contributed by atoms with Crippen molar-refractivity contribution < 1.29 is 33.4 Å². The van der Waals surface area contributed by atoms with Crippen molar-refractivity contribution in [2.24, 2.45) is 0 Å². The molecule has 8 nitrogen and oxygen atoms in total. The van der Waals surface area contributed by atoms with Crippen LogP contribution in [-0.4, -0.2) is 35.6 Å². The van der Waals surface area contributed by atoms with Crippen LogP contribution in [0.2, 0.25) is 0 Å². The van der Waals surface area contributed by atoms with Gasteiger partial charge in [-0.1, -0.05) is 30.3 Å². The highest BCUT2D eigenvalue weighted by Gasteiger charge is 2.38. The van der Waals surface area contributed by atoms with Gasteiger partial charge in [-0.3, -0.25) is 4.79 Å². The molecule has 1 aliphatic heterocycles. The maximum atomic E-state index is 12.3. The van der Waals surface area contributed by atoms with E-state index in [-0.39, 0.29) is 16.9 Å². The van der Waals surface area contributed by atoms with Crippen molar-refractivity contribution in [2.45, 2.75) is 32.7 Å². The molecule has 1 unspecified atom stereocenters. The summed E-state index contributed by atoms with van der Waals surface area (Å²) in [5, 5.41) is 2.78. The van der Waals surface area contributed by atoms with Crippen LogP contribution in [0, 0.1) is 0 Å². The maximum absolute atomic E-state index is 12.3. The maximum Gasteiger partial charge on any atom is 0.350 e. The number of carbonyl (C=O) groups excluding carboxylic acids is 4. The molecule has 1 N–H and O–H groups in total. The number of carbonyl (C=O) groups is 4. The molecule has 1 fully saturated rings. The molecule has 8 heteroatoms. The number of ketones is 1. The molecule has 1 saturated heterocycles. The second-order valence-electron chi connectivity index (χ2n) is 7.24. The number of hydrogen-bond donors (Lipinski definition) is 1. The Hall–Kier alpha value is -3.94. The molecule has 1 heterocycles. The van der Waals surface area contributed by atoms with Gasteiger partial charge in [-0.05, 0) is 31.2 Å². The van der Waals surface area contributed by atoms with E-state index in [1.165, 1.54) is 39.1 Å². The van der Waals surface area contributed by atoms with E-state index in [0.29, 0.717) is 11.3 Å². The van der Waals surface area contributed by atoms with Crippen molar-refractivity contribution in [3.63, 3.8) is 0 Å². The van der Waals surface area contributed by atoms with E-state index in [2.05, 4.69) is 5.32 Å². The quantitative estimate of drug-likeness (QED) is 0.327. The van der Waals surface area contributed by atoms with E-state index in [1.807, 2.05) is 0 Å². The minimum atomic E-state index is -1.31. The Morgan fingerprint density at radius 3 is 2.10 bits per heavy atom. The van der Waals surface area contributed by atoms with E-state index in [9.17, 15) is 19.2 Å². The number of hydrogen-bond acceptors (Lipinski definition) is 8. The Labute approximate surface area is 178 Å². The van der Waals surface area contributed by atoms with Gasteiger partial charge in [-0.2, -0.15) is 0 Å². The average molecular weight is 423 g/mol. The normalized spacial score (nSPS) is 15.9. The van der Waals surface area contributed by atoms with Crippen LogP contribution in [0.3, 0.4) is 0 Å². The summed E-state index contributed by atoms with van der Waals surface area (Å²) in [6.45, 7) is 4.43. The molecular formula is C23H21NO7. The second kappa shape index (κ2) is 8.83. The number of cyclic esters (lactones) is 2. The summed E-state index contributed by atoms with van der Waals surface area (Å²) in [5.41, 5.74) is 0.918. The number of Topliss-reactive ketones (excluding diaryl/α,β-unsaturated/α-hetero) is 1. The molecule has 0 aromatic heterocycles. The molecule has 0 amide bonds. The predicted molar refractivity (Wildman–Crippen MR) is 110 cm³/mol. The molecule has 0 bridgehead atoms. The van der Waals surface area contributed by atoms with E-state index in [0.717, 1.165) is 0 Å². The van der Waals surface area contributed by atoms with Crippen molar-refractivity contribution in [3.8, 4) is 0 Å². The van der Waals surface area contributed by atoms with Crippen LogP contribution < -0.4 is 5.32 Å². The van der Waals surface area contributed by atoms with Crippen molar-refractivity contribution >= 4 is 29.4 Å². The second-order valence-corrected chi connectivity index (χ2v) is 7.24. The summed E-state index contributed by atoms with van der Waals surface area (Å²) >= 11 is 0. The number of benzene rings is 2. The van der Waals surface area contributed by atoms with E-state index in [1.54, 1.807) is 42.5 Å². The first-order chi connectivity index (χ1) is 14.7. The molecule has 0 aliphatic carbocycles. The van der Waals surface area contributed by atoms with Crippen LogP contribution in [0.5, 0.6) is 0 Å². The van der Waals surface area contributed by atoms with Gasteiger partial charge < -0.3 is 19.5 Å². The van der Waals surface area contributed by atoms with Gasteiger partial charge in [0.2, 0.25) is 5.78 Å². The Morgan fingerprint density at radius 2 is 1.52 bits per heavy atom. The van der Waals surface area contributed by atoms with Crippen LogP contribution >= 0.6 is 0 Å². The van der Waals surface area contributed by atoms with Gasteiger partial charge in [-0.25, -0.2) is 14.4 Å². The van der Waals surface area contributed by atoms with E-state index in [4.69, 9.17) is 14.2 Å². The summed E-state index contributed by atoms with van der Waals surface area (Å²) in [6.07, 6.45) is 0.235. The summed E-state index contributed by atoms with van der Waals surface area (Å²) in [5.74, 6) is -3.86. The van der Waals surface area contributed by atoms with Crippen molar-refractivity contribution in [3.05, 3.63) is 77.5 Å². The first kappa shape index (κ1) is 21.8. The Balaban J connectivity index is 1.61. The zero-order chi connectivity index (χ0) is 22.6. The SMILES string of the molecule is CC(OC(=O)c1ccc(NC=C2C(=O)OC(C)(C)OC2=O)cc1)C(=O)c1ccccc1. The largest absolute Gasteiger partial charge is 0.451 e. The third-order valence-electron chi connectivity index (χ3n) is 4.33. The molecule has 1 atom stereocenters. The Morgan fingerprint density at radius 1 is 0.935 bits per heavy atom. The first-order valence-corrected chi connectivity index (χ1v) is 9.50. The highest BCUT2D eigenvalue weighted by atomic mass is 16.7. The molecule has 3 rings (SSSR count). The fourth-order valence-electron chi connectivity index (χ4n) is 2.76. The predicted octanol–water partition coefficient (Wildman–Crippen LogP) is 3.25. The van der Waals surface area contributed by atoms with Gasteiger partial charge in [0.1, 0.15) is 0 Å². The minimum Gasteiger partial charge on any atom is -0.451 e. The van der Waals surface area contributed by atoms with Crippen molar-refractivity contribution in [2.75, 3.05) is 5.32 Å². The summed E-state index contributed by atoms with van der Waals surface area (Å²) < 4.78 is 15.3. The first-order valence-electron chi connectivity index (χ1n) is 9.50. The summed E-state index contributed by atoms with van der Waals surface area (Å²) in [6, 6.07) is 14.7. The average Bonchev–Trinajstić information content (AvgIpc) is 2.72. The van der Waals surface area contributed by atoms with Gasteiger partial charge in [0.25, 0.3) is 5.79 Å². The van der Waals surface area contributed by atoms with Gasteiger partial charge >= 0.3 is 17.9 Å². The molecular weight excluding hydrogens is 402 g/mol. The molecule has 0 spiro atoms. The fraction of sp³-hybridized carbons (Fsp3) is 0.217. The molecule has 160 valence electrons. The zero-order valence-electron chi connectivity index (χ0n) is 17.2. The lowest BCUT2D eigenvalue weighted by molar-refractivity contribution is -0.222. The molecule has 0 saturated carbocycles. The number of ether oxygens (including phenoxy) is 3. The summed E-state index contributed by atoms with van der Waals surface area (Å²) in [4.78, 5) is 48.5. The molecule has 1 aliphatic rings. The van der Waals surface area contributed by atoms with Gasteiger partial charge in [0, 0.05) is 31.3 Å². The van der Waals surface area contributed by atoms with Crippen molar-refractivity contribution in [1.29, 1.82) is 0 Å². The fourth-order valence-corrected chi connectivity index (χ4v) is 2.76. The molecule has 2 aromatic carbocycles. The lowest BCUT2D eigenvalue weighted by Gasteiger charge is -2.29. The number of nitrogens with one attached hydrogen (secondary N) is 1. The van der Waals surface area contributed by atoms with Crippen LogP contribution in [0.15, 0.2) is 66.4 Å². The highest BCUT2D eigenvalue weighted by Crippen LogP contribution is 2.23. The molecule has 31 heavy (non-hydrogen) atoms. The van der Waals surface area contributed by atoms with Crippen LogP contribution in [-0.2, 0) is 23.8 Å². The van der Waals surface area contributed by atoms with Gasteiger partial charge in [0.05, 0.1) is 5.56 Å². The van der Waals surface area contributed by atoms with Crippen LogP contribution in [0.25, 0.3) is 0 Å². The lowest BCUT2D eigenvalue weighted by Crippen LogP contribution is -2.42. The van der Waals surface area contributed by atoms with Gasteiger partial charge in [-0.15, -0.1) is 0 Å². The smallest absolute Gasteiger partial charge is 0.350 e. The third kappa shape index (κ3) is 5.36. The zero-order valence-corrected chi connectivity index (χ0v) is 17.2. The standard InChI is InChI=1S/C23H21NO7/c1-14(19(25)15-7-5-4-6-8-15)29-20(26)16-9-11-17(12-10-16)24-13-18-21(27)30-23(2,3)31-22(18)28/h4-14,24H,1-3H3. The van der Waals surface area contributed by atoms with Gasteiger partial charge in [0.15, 0.2) is 11.7 Å². The monoisotopic (exact) mass is 423 g/mol. The number of esters is 3. The van der Waals surface area contributed by atoms with E-state index >= 15 is 0 Å². The minimum absolute atomic E-state index is 0.240. The highest BCUT2D eigenvalue weighted by molar-refractivity contribution is 6.15. The lowest BCUT2D eigenvalue weighted by atomic mass is 10.1. The van der Waals surface area contributed by atoms with Crippen molar-refractivity contribution in [1.82, 2.24) is 0 Å². The van der Waals surface area contributed by atoms with E-state index < -0.39 is 29.8 Å².